The summed E-state index contributed by atoms with van der Waals surface area (Å²) in [5, 5.41) is 0. The Kier molecular flexibility index (Phi) is 3.71. The molecule has 0 radical (unpaired) electrons. The van der Waals surface area contributed by atoms with Crippen LogP contribution in [0, 0.1) is 0 Å². The van der Waals surface area contributed by atoms with Gasteiger partial charge in [-0.3, -0.25) is 0 Å². The Morgan fingerprint density at radius 3 is 2.88 bits per heavy atom. The Hall–Kier alpha value is -1.43. The first kappa shape index (κ1) is 16.1. The van der Waals surface area contributed by atoms with Crippen LogP contribution in [0.1, 0.15) is 38.7 Å². The van der Waals surface area contributed by atoms with Crippen molar-refractivity contribution >= 4 is 27.7 Å². The van der Waals surface area contributed by atoms with Crippen LogP contribution < -0.4 is 9.64 Å². The van der Waals surface area contributed by atoms with Crippen molar-refractivity contribution in [2.45, 2.75) is 44.8 Å². The predicted molar refractivity (Wildman–Crippen MR) is 95.9 cm³/mol. The fourth-order valence-electron chi connectivity index (χ4n) is 4.10. The molecule has 2 atom stereocenters. The molecule has 1 amide bonds. The van der Waals surface area contributed by atoms with E-state index in [1.807, 2.05) is 31.7 Å². The normalized spacial score (nSPS) is 25.0. The first-order valence-corrected chi connectivity index (χ1v) is 9.33. The lowest BCUT2D eigenvalue weighted by Crippen LogP contribution is -2.50. The van der Waals surface area contributed by atoms with Gasteiger partial charge in [0, 0.05) is 29.5 Å². The summed E-state index contributed by atoms with van der Waals surface area (Å²) in [5.41, 5.74) is 2.06. The topological polar surface area (TPSA) is 42.0 Å². The highest BCUT2D eigenvalue weighted by Gasteiger charge is 2.46. The molecule has 0 unspecified atom stereocenters. The monoisotopic (exact) mass is 394 g/mol. The fraction of sp³-hybridized carbons (Fsp3) is 0.611. The average Bonchev–Trinajstić information content (AvgIpc) is 2.81. The molecule has 3 aliphatic rings. The first-order chi connectivity index (χ1) is 11.3. The van der Waals surface area contributed by atoms with Gasteiger partial charge in [-0.1, -0.05) is 15.9 Å². The molecule has 5 nitrogen and oxygen atoms in total. The zero-order valence-corrected chi connectivity index (χ0v) is 15.9. The zero-order valence-electron chi connectivity index (χ0n) is 14.3. The number of carbonyl (C=O) groups is 1. The third-order valence-electron chi connectivity index (χ3n) is 4.97. The van der Waals surface area contributed by atoms with E-state index in [1.54, 1.807) is 0 Å². The van der Waals surface area contributed by atoms with Crippen LogP contribution in [0.2, 0.25) is 0 Å². The van der Waals surface area contributed by atoms with Gasteiger partial charge in [-0.15, -0.1) is 0 Å². The zero-order chi connectivity index (χ0) is 17.1. The van der Waals surface area contributed by atoms with Crippen LogP contribution in [0.25, 0.3) is 0 Å². The maximum absolute atomic E-state index is 12.5. The third-order valence-corrected chi connectivity index (χ3v) is 5.43. The van der Waals surface area contributed by atoms with E-state index >= 15 is 0 Å². The Labute approximate surface area is 151 Å². The van der Waals surface area contributed by atoms with Gasteiger partial charge in [0.1, 0.15) is 18.0 Å². The number of amides is 1. The lowest BCUT2D eigenvalue weighted by atomic mass is 9.89. The third kappa shape index (κ3) is 2.65. The smallest absolute Gasteiger partial charge is 0.410 e. The molecule has 0 N–H and O–H groups in total. The second-order valence-corrected chi connectivity index (χ2v) is 8.69. The minimum Gasteiger partial charge on any atom is -0.490 e. The molecule has 1 fully saturated rings. The Balaban J connectivity index is 1.62. The van der Waals surface area contributed by atoms with Crippen LogP contribution in [0.3, 0.4) is 0 Å². The van der Waals surface area contributed by atoms with Gasteiger partial charge < -0.3 is 19.3 Å². The van der Waals surface area contributed by atoms with Crippen LogP contribution in [-0.2, 0) is 4.74 Å². The highest BCUT2D eigenvalue weighted by atomic mass is 79.9. The van der Waals surface area contributed by atoms with Crippen molar-refractivity contribution in [1.82, 2.24) is 4.90 Å². The quantitative estimate of drug-likeness (QED) is 0.671. The van der Waals surface area contributed by atoms with E-state index < -0.39 is 5.60 Å². The van der Waals surface area contributed by atoms with Gasteiger partial charge in [-0.2, -0.15) is 0 Å². The highest BCUT2D eigenvalue weighted by Crippen LogP contribution is 2.51. The minimum absolute atomic E-state index is 0.206. The summed E-state index contributed by atoms with van der Waals surface area (Å²) >= 11 is 3.60. The fourth-order valence-corrected chi connectivity index (χ4v) is 4.56. The number of likely N-dealkylation sites (tertiary alicyclic amines) is 1. The van der Waals surface area contributed by atoms with Crippen molar-refractivity contribution in [3.63, 3.8) is 0 Å². The highest BCUT2D eigenvalue weighted by molar-refractivity contribution is 9.10. The first-order valence-electron chi connectivity index (χ1n) is 8.54. The molecule has 6 heteroatoms. The Morgan fingerprint density at radius 2 is 2.12 bits per heavy atom. The number of fused-ring (bicyclic) bond motifs is 3. The van der Waals surface area contributed by atoms with Crippen LogP contribution in [0.15, 0.2) is 16.6 Å². The number of anilines is 1. The van der Waals surface area contributed by atoms with Crippen LogP contribution in [-0.4, -0.2) is 48.9 Å². The van der Waals surface area contributed by atoms with E-state index in [0.29, 0.717) is 18.5 Å². The van der Waals surface area contributed by atoms with Crippen molar-refractivity contribution < 1.29 is 14.3 Å². The number of halogens is 1. The minimum atomic E-state index is -0.458. The van der Waals surface area contributed by atoms with Crippen LogP contribution >= 0.6 is 15.9 Å². The molecule has 3 aliphatic heterocycles. The number of benzene rings is 1. The van der Waals surface area contributed by atoms with Gasteiger partial charge in [0.15, 0.2) is 0 Å². The molecule has 1 aromatic rings. The van der Waals surface area contributed by atoms with Crippen molar-refractivity contribution in [2.24, 2.45) is 0 Å². The van der Waals surface area contributed by atoms with Crippen molar-refractivity contribution in [3.05, 3.63) is 22.2 Å². The van der Waals surface area contributed by atoms with Crippen LogP contribution in [0.4, 0.5) is 10.5 Å². The van der Waals surface area contributed by atoms with E-state index in [2.05, 4.69) is 26.9 Å². The summed E-state index contributed by atoms with van der Waals surface area (Å²) in [7, 11) is 0. The Morgan fingerprint density at radius 1 is 1.33 bits per heavy atom. The number of piperidine rings is 1. The molecule has 0 aromatic heterocycles. The molecule has 24 heavy (non-hydrogen) atoms. The van der Waals surface area contributed by atoms with E-state index in [1.165, 1.54) is 11.3 Å². The van der Waals surface area contributed by atoms with Crippen molar-refractivity contribution in [2.75, 3.05) is 31.1 Å². The molecule has 0 spiro atoms. The lowest BCUT2D eigenvalue weighted by Gasteiger charge is -2.40. The molecule has 130 valence electrons. The van der Waals surface area contributed by atoms with Gasteiger partial charge in [-0.05, 0) is 44.9 Å². The molecule has 0 saturated carbocycles. The summed E-state index contributed by atoms with van der Waals surface area (Å²) < 4.78 is 12.5. The average molecular weight is 395 g/mol. The molecule has 3 heterocycles. The van der Waals surface area contributed by atoms with E-state index in [0.717, 1.165) is 36.3 Å². The largest absolute Gasteiger partial charge is 0.490 e. The summed E-state index contributed by atoms with van der Waals surface area (Å²) in [6.07, 6.45) is 0.762. The predicted octanol–water partition coefficient (Wildman–Crippen LogP) is 3.75. The molecule has 1 saturated heterocycles. The van der Waals surface area contributed by atoms with E-state index in [-0.39, 0.29) is 6.09 Å². The van der Waals surface area contributed by atoms with Gasteiger partial charge in [-0.25, -0.2) is 4.79 Å². The van der Waals surface area contributed by atoms with E-state index in [4.69, 9.17) is 9.47 Å². The molecule has 0 bridgehead atoms. The SMILES string of the molecule is CC(C)(C)OC(=O)N1CC[C@H]2[C@@H](C1)c1cc(Br)cc3c1N2CCO3. The molecule has 0 aliphatic carbocycles. The molecular formula is C18H23BrN2O3. The standard InChI is InChI=1S/C18H23BrN2O3/c1-18(2,3)24-17(22)20-5-4-14-13(10-20)12-8-11(19)9-15-16(12)21(14)6-7-23-15/h8-9,13-14H,4-7,10H2,1-3H3/t13-,14-/m0/s1. The van der Waals surface area contributed by atoms with Gasteiger partial charge in [0.05, 0.1) is 12.2 Å². The number of nitrogens with zero attached hydrogens (tertiary/aromatic N) is 2. The molecular weight excluding hydrogens is 372 g/mol. The summed E-state index contributed by atoms with van der Waals surface area (Å²) in [6.45, 7) is 8.84. The number of hydrogen-bond acceptors (Lipinski definition) is 4. The number of hydrogen-bond donors (Lipinski definition) is 0. The van der Waals surface area contributed by atoms with Crippen LogP contribution in [0.5, 0.6) is 5.75 Å². The van der Waals surface area contributed by atoms with Gasteiger partial charge in [0.25, 0.3) is 0 Å². The van der Waals surface area contributed by atoms with Gasteiger partial charge in [0.2, 0.25) is 0 Å². The molecule has 1 aromatic carbocycles. The summed E-state index contributed by atoms with van der Waals surface area (Å²) in [4.78, 5) is 16.8. The second kappa shape index (κ2) is 5.55. The summed E-state index contributed by atoms with van der Waals surface area (Å²) in [6, 6.07) is 4.69. The van der Waals surface area contributed by atoms with Crippen molar-refractivity contribution in [1.29, 1.82) is 0 Å². The Bertz CT molecular complexity index is 686. The maximum atomic E-state index is 12.5. The maximum Gasteiger partial charge on any atom is 0.410 e. The number of ether oxygens (including phenoxy) is 2. The lowest BCUT2D eigenvalue weighted by molar-refractivity contribution is 0.0188. The number of rotatable bonds is 0. The molecule has 4 rings (SSSR count). The van der Waals surface area contributed by atoms with Gasteiger partial charge >= 0.3 is 6.09 Å². The number of carbonyl (C=O) groups excluding carboxylic acids is 1. The van der Waals surface area contributed by atoms with E-state index in [9.17, 15) is 4.79 Å². The second-order valence-electron chi connectivity index (χ2n) is 7.77. The summed E-state index contributed by atoms with van der Waals surface area (Å²) in [5.74, 6) is 1.28. The van der Waals surface area contributed by atoms with Crippen molar-refractivity contribution in [3.8, 4) is 5.75 Å².